The minimum Gasteiger partial charge on any atom is -0.492 e. The molecule has 0 aliphatic carbocycles. The molecule has 0 saturated carbocycles. The number of likely N-dealkylation sites (N-methyl/N-ethyl adjacent to an activating group) is 2. The fraction of sp³-hybridized carbons (Fsp3) is 0.607. The highest BCUT2D eigenvalue weighted by atomic mass is 16.7. The van der Waals surface area contributed by atoms with Crippen LogP contribution >= 0.6 is 0 Å². The Bertz CT molecular complexity index is 2220. The number of aromatic nitrogens is 1. The van der Waals surface area contributed by atoms with E-state index in [0.717, 1.165) is 11.1 Å². The van der Waals surface area contributed by atoms with Gasteiger partial charge in [0.2, 0.25) is 35.4 Å². The first-order valence-corrected chi connectivity index (χ1v) is 26.2. The number of nitrogens with one attached hydrogen (secondary N) is 2. The molecule has 1 aliphatic heterocycles. The van der Waals surface area contributed by atoms with E-state index < -0.39 is 77.9 Å². The highest BCUT2D eigenvalue weighted by Crippen LogP contribution is 2.30. The Labute approximate surface area is 438 Å². The molecule has 1 fully saturated rings. The molecule has 1 saturated heterocycles. The first kappa shape index (κ1) is 60.6. The van der Waals surface area contributed by atoms with Gasteiger partial charge in [0.1, 0.15) is 18.7 Å². The SMILES string of the molecule is CCC(C)C(C(CC(=O)N1CCCC1C(OC)C(C)C(=O)NC(Cc1ccccc1)C(=O)OCc1ccccc1)OC)N(C)C(=O)C(NC(=O)C(C(C)C)N(C)CCCCCC(=O)On1c(O)ccc1O)C(C)C. The van der Waals surface area contributed by atoms with E-state index in [9.17, 15) is 39.0 Å². The quantitative estimate of drug-likeness (QED) is 0.0452. The molecule has 3 aromatic rings. The average molecular weight is 1030 g/mol. The Morgan fingerprint density at radius 2 is 1.39 bits per heavy atom. The van der Waals surface area contributed by atoms with Crippen molar-refractivity contribution in [3.63, 3.8) is 0 Å². The monoisotopic (exact) mass is 1030 g/mol. The number of rotatable bonds is 30. The lowest BCUT2D eigenvalue weighted by atomic mass is 9.89. The molecule has 2 heterocycles. The number of ether oxygens (including phenoxy) is 3. The van der Waals surface area contributed by atoms with Crippen LogP contribution < -0.4 is 15.5 Å². The average Bonchev–Trinajstić information content (AvgIpc) is 3.99. The summed E-state index contributed by atoms with van der Waals surface area (Å²) >= 11 is 0. The van der Waals surface area contributed by atoms with Gasteiger partial charge in [-0.25, -0.2) is 9.59 Å². The van der Waals surface area contributed by atoms with Gasteiger partial charge in [-0.3, -0.25) is 24.1 Å². The van der Waals surface area contributed by atoms with Gasteiger partial charge in [0, 0.05) is 52.8 Å². The van der Waals surface area contributed by atoms with Crippen LogP contribution in [-0.4, -0.2) is 149 Å². The number of amides is 4. The van der Waals surface area contributed by atoms with Crippen LogP contribution in [0.1, 0.15) is 111 Å². The molecule has 410 valence electrons. The highest BCUT2D eigenvalue weighted by molar-refractivity contribution is 5.90. The van der Waals surface area contributed by atoms with E-state index in [-0.39, 0.29) is 61.3 Å². The van der Waals surface area contributed by atoms with E-state index in [2.05, 4.69) is 10.6 Å². The smallest absolute Gasteiger partial charge is 0.333 e. The van der Waals surface area contributed by atoms with Crippen LogP contribution in [-0.2, 0) is 56.0 Å². The summed E-state index contributed by atoms with van der Waals surface area (Å²) in [6.45, 7) is 14.5. The third-order valence-electron chi connectivity index (χ3n) is 14.4. The molecule has 1 aromatic heterocycles. The molecule has 4 amide bonds. The predicted octanol–water partition coefficient (Wildman–Crippen LogP) is 5.90. The molecule has 9 unspecified atom stereocenters. The molecule has 74 heavy (non-hydrogen) atoms. The minimum atomic E-state index is -0.975. The number of carbonyl (C=O) groups excluding carboxylic acids is 6. The van der Waals surface area contributed by atoms with Crippen molar-refractivity contribution in [1.82, 2.24) is 30.1 Å². The molecule has 18 nitrogen and oxygen atoms in total. The Kier molecular flexibility index (Phi) is 24.4. The first-order valence-electron chi connectivity index (χ1n) is 26.2. The number of hydrogen-bond acceptors (Lipinski definition) is 13. The topological polar surface area (TPSA) is 219 Å². The second-order valence-electron chi connectivity index (χ2n) is 20.5. The third kappa shape index (κ3) is 17.0. The number of hydrogen-bond donors (Lipinski definition) is 4. The molecular formula is C56H84N6O12. The minimum absolute atomic E-state index is 0.0521. The zero-order valence-corrected chi connectivity index (χ0v) is 45.5. The molecule has 1 aliphatic rings. The van der Waals surface area contributed by atoms with Crippen molar-refractivity contribution in [2.75, 3.05) is 41.4 Å². The standard InChI is InChI=1S/C56H84N6O12/c1-12-38(6)51(60(9)55(69)49(36(2)3)58-54(68)50(37(4)5)59(8)31-21-15-20-28-48(66)74-62-45(63)29-30-46(62)64)44(71-10)34-47(65)61-32-22-27-43(61)52(72-11)39(7)53(67)57-42(33-40-23-16-13-17-24-40)56(70)73-35-41-25-18-14-19-26-41/h13-14,16-19,23-26,29-30,36-39,42-44,49-52,63-64H,12,15,20-22,27-28,31-35H2,1-11H3,(H,57,67)(H,58,68). The number of methoxy groups -OCH3 is 2. The van der Waals surface area contributed by atoms with E-state index in [1.807, 2.05) is 114 Å². The molecule has 0 bridgehead atoms. The number of aromatic hydroxyl groups is 2. The molecule has 4 rings (SSSR count). The van der Waals surface area contributed by atoms with Gasteiger partial charge in [-0.1, -0.05) is 122 Å². The van der Waals surface area contributed by atoms with Crippen LogP contribution in [0.4, 0.5) is 0 Å². The lowest BCUT2D eigenvalue weighted by molar-refractivity contribution is -0.151. The van der Waals surface area contributed by atoms with E-state index >= 15 is 0 Å². The summed E-state index contributed by atoms with van der Waals surface area (Å²) in [6.07, 6.45) is 2.57. The molecule has 9 atom stereocenters. The van der Waals surface area contributed by atoms with Crippen molar-refractivity contribution < 1.29 is 58.0 Å². The summed E-state index contributed by atoms with van der Waals surface area (Å²) in [7, 11) is 6.61. The Morgan fingerprint density at radius 1 is 0.770 bits per heavy atom. The molecule has 0 spiro atoms. The van der Waals surface area contributed by atoms with Gasteiger partial charge in [0.05, 0.1) is 42.7 Å². The summed E-state index contributed by atoms with van der Waals surface area (Å²) in [5.74, 6) is -4.43. The van der Waals surface area contributed by atoms with Gasteiger partial charge in [-0.2, -0.15) is 0 Å². The molecule has 4 N–H and O–H groups in total. The zero-order valence-electron chi connectivity index (χ0n) is 45.5. The van der Waals surface area contributed by atoms with E-state index in [1.54, 1.807) is 23.8 Å². The number of carbonyl (C=O) groups is 6. The number of benzene rings is 2. The predicted molar refractivity (Wildman–Crippen MR) is 280 cm³/mol. The molecule has 18 heteroatoms. The van der Waals surface area contributed by atoms with Crippen LogP contribution in [0.3, 0.4) is 0 Å². The summed E-state index contributed by atoms with van der Waals surface area (Å²) in [5, 5.41) is 25.5. The van der Waals surface area contributed by atoms with Crippen molar-refractivity contribution in [3.05, 3.63) is 83.9 Å². The summed E-state index contributed by atoms with van der Waals surface area (Å²) in [5.41, 5.74) is 1.67. The maximum absolute atomic E-state index is 14.7. The second-order valence-corrected chi connectivity index (χ2v) is 20.5. The molecular weight excluding hydrogens is 949 g/mol. The van der Waals surface area contributed by atoms with Crippen LogP contribution in [0.2, 0.25) is 0 Å². The van der Waals surface area contributed by atoms with Crippen LogP contribution in [0.25, 0.3) is 0 Å². The lowest BCUT2D eigenvalue weighted by Crippen LogP contribution is -2.60. The van der Waals surface area contributed by atoms with E-state index in [1.165, 1.54) is 26.4 Å². The van der Waals surface area contributed by atoms with Crippen molar-refractivity contribution >= 4 is 35.6 Å². The Morgan fingerprint density at radius 3 is 1.96 bits per heavy atom. The first-order chi connectivity index (χ1) is 35.2. The largest absolute Gasteiger partial charge is 0.492 e. The number of nitrogens with zero attached hydrogens (tertiary/aromatic N) is 4. The fourth-order valence-corrected chi connectivity index (χ4v) is 10.1. The van der Waals surface area contributed by atoms with Gasteiger partial charge in [0.25, 0.3) is 0 Å². The fourth-order valence-electron chi connectivity index (χ4n) is 10.1. The van der Waals surface area contributed by atoms with Crippen molar-refractivity contribution in [3.8, 4) is 11.8 Å². The summed E-state index contributed by atoms with van der Waals surface area (Å²) in [4.78, 5) is 93.7. The van der Waals surface area contributed by atoms with Gasteiger partial charge in [-0.05, 0) is 68.2 Å². The lowest BCUT2D eigenvalue weighted by Gasteiger charge is -2.41. The zero-order chi connectivity index (χ0) is 54.6. The van der Waals surface area contributed by atoms with Crippen molar-refractivity contribution in [2.24, 2.45) is 23.7 Å². The van der Waals surface area contributed by atoms with E-state index in [0.29, 0.717) is 56.3 Å². The van der Waals surface area contributed by atoms with Gasteiger partial charge in [-0.15, -0.1) is 4.73 Å². The Hall–Kier alpha value is -5.98. The molecule has 0 radical (unpaired) electrons. The van der Waals surface area contributed by atoms with E-state index in [4.69, 9.17) is 19.0 Å². The second kappa shape index (κ2) is 29.8. The maximum Gasteiger partial charge on any atom is 0.333 e. The van der Waals surface area contributed by atoms with Gasteiger partial charge < -0.3 is 49.7 Å². The van der Waals surface area contributed by atoms with Crippen molar-refractivity contribution in [1.29, 1.82) is 0 Å². The van der Waals surface area contributed by atoms with Crippen LogP contribution in [0.15, 0.2) is 72.8 Å². The number of esters is 1. The molecule has 2 aromatic carbocycles. The number of likely N-dealkylation sites (tertiary alicyclic amines) is 1. The van der Waals surface area contributed by atoms with Gasteiger partial charge >= 0.3 is 11.9 Å². The summed E-state index contributed by atoms with van der Waals surface area (Å²) < 4.78 is 18.5. The van der Waals surface area contributed by atoms with Gasteiger partial charge in [0.15, 0.2) is 0 Å². The Balaban J connectivity index is 1.41. The van der Waals surface area contributed by atoms with Crippen molar-refractivity contribution in [2.45, 2.75) is 155 Å². The summed E-state index contributed by atoms with van der Waals surface area (Å²) in [6, 6.07) is 17.7. The van der Waals surface area contributed by atoms with Crippen LogP contribution in [0.5, 0.6) is 11.8 Å². The third-order valence-corrected chi connectivity index (χ3v) is 14.4. The number of unbranched alkanes of at least 4 members (excludes halogenated alkanes) is 2. The van der Waals surface area contributed by atoms with Crippen LogP contribution in [0, 0.1) is 23.7 Å². The highest BCUT2D eigenvalue weighted by Gasteiger charge is 2.44. The normalized spacial score (nSPS) is 16.9. The maximum atomic E-state index is 14.7.